The zero-order valence-corrected chi connectivity index (χ0v) is 15.1. The van der Waals surface area contributed by atoms with Crippen LogP contribution in [0.15, 0.2) is 0 Å². The summed E-state index contributed by atoms with van der Waals surface area (Å²) in [5.41, 5.74) is 0. The van der Waals surface area contributed by atoms with Crippen molar-refractivity contribution >= 4 is 0 Å². The van der Waals surface area contributed by atoms with Crippen LogP contribution in [0.25, 0.3) is 0 Å². The van der Waals surface area contributed by atoms with Crippen molar-refractivity contribution in [2.24, 2.45) is 11.8 Å². The van der Waals surface area contributed by atoms with Gasteiger partial charge in [0.25, 0.3) is 0 Å². The molecule has 0 aliphatic carbocycles. The fourth-order valence-electron chi connectivity index (χ4n) is 3.59. The highest BCUT2D eigenvalue weighted by atomic mass is 14.2. The molecule has 0 aliphatic rings. The molecule has 0 nitrogen and oxygen atoms in total. The highest BCUT2D eigenvalue weighted by molar-refractivity contribution is 4.67. The molecule has 0 radical (unpaired) electrons. The van der Waals surface area contributed by atoms with Crippen molar-refractivity contribution in [1.82, 2.24) is 0 Å². The zero-order chi connectivity index (χ0) is 15.1. The average molecular weight is 283 g/mol. The Morgan fingerprint density at radius 3 is 1.35 bits per heavy atom. The van der Waals surface area contributed by atoms with Crippen molar-refractivity contribution in [2.75, 3.05) is 0 Å². The molecular weight excluding hydrogens is 240 g/mol. The van der Waals surface area contributed by atoms with E-state index in [0.29, 0.717) is 0 Å². The van der Waals surface area contributed by atoms with E-state index in [4.69, 9.17) is 0 Å². The minimum absolute atomic E-state index is 1.02. The van der Waals surface area contributed by atoms with Crippen LogP contribution in [0.2, 0.25) is 0 Å². The van der Waals surface area contributed by atoms with Gasteiger partial charge in [0, 0.05) is 0 Å². The van der Waals surface area contributed by atoms with Gasteiger partial charge in [-0.2, -0.15) is 0 Å². The summed E-state index contributed by atoms with van der Waals surface area (Å²) in [6.07, 6.45) is 20.3. The van der Waals surface area contributed by atoms with Gasteiger partial charge in [0.05, 0.1) is 0 Å². The molecule has 2 unspecified atom stereocenters. The lowest BCUT2D eigenvalue weighted by molar-refractivity contribution is 0.292. The van der Waals surface area contributed by atoms with Crippen LogP contribution < -0.4 is 0 Å². The van der Waals surface area contributed by atoms with Gasteiger partial charge in [-0.15, -0.1) is 0 Å². The van der Waals surface area contributed by atoms with E-state index in [0.717, 1.165) is 11.8 Å². The van der Waals surface area contributed by atoms with Crippen LogP contribution in [0.5, 0.6) is 0 Å². The van der Waals surface area contributed by atoms with Gasteiger partial charge < -0.3 is 0 Å². The van der Waals surface area contributed by atoms with Crippen LogP contribution in [-0.2, 0) is 0 Å². The number of hydrogen-bond donors (Lipinski definition) is 0. The van der Waals surface area contributed by atoms with Crippen LogP contribution in [0.4, 0.5) is 0 Å². The van der Waals surface area contributed by atoms with E-state index in [-0.39, 0.29) is 0 Å². The Morgan fingerprint density at radius 2 is 0.900 bits per heavy atom. The highest BCUT2D eigenvalue weighted by Gasteiger charge is 2.15. The third-order valence-electron chi connectivity index (χ3n) is 4.74. The third kappa shape index (κ3) is 11.8. The van der Waals surface area contributed by atoms with Crippen LogP contribution in [0.3, 0.4) is 0 Å². The Morgan fingerprint density at radius 1 is 0.450 bits per heavy atom. The molecule has 0 heteroatoms. The Hall–Kier alpha value is 0. The molecule has 122 valence electrons. The molecule has 0 aromatic rings. The molecule has 0 fully saturated rings. The van der Waals surface area contributed by atoms with Crippen molar-refractivity contribution in [2.45, 2.75) is 118 Å². The summed E-state index contributed by atoms with van der Waals surface area (Å²) in [6, 6.07) is 0. The number of unbranched alkanes of at least 4 members (excludes halogenated alkanes) is 5. The lowest BCUT2D eigenvalue weighted by Crippen LogP contribution is -2.10. The normalized spacial score (nSPS) is 14.4. The fraction of sp³-hybridized carbons (Fsp3) is 1.00. The largest absolute Gasteiger partial charge is 0.0654 e. The van der Waals surface area contributed by atoms with Crippen molar-refractivity contribution in [1.29, 1.82) is 0 Å². The molecule has 0 rings (SSSR count). The zero-order valence-electron chi connectivity index (χ0n) is 15.1. The first-order valence-corrected chi connectivity index (χ1v) is 9.78. The summed E-state index contributed by atoms with van der Waals surface area (Å²) >= 11 is 0. The van der Waals surface area contributed by atoms with E-state index in [2.05, 4.69) is 27.7 Å². The second kappa shape index (κ2) is 15.4. The first-order valence-electron chi connectivity index (χ1n) is 9.78. The molecule has 0 spiro atoms. The minimum atomic E-state index is 1.02. The Kier molecular flexibility index (Phi) is 15.4. The second-order valence-corrected chi connectivity index (χ2v) is 6.89. The summed E-state index contributed by atoms with van der Waals surface area (Å²) in [4.78, 5) is 0. The van der Waals surface area contributed by atoms with Gasteiger partial charge >= 0.3 is 0 Å². The van der Waals surface area contributed by atoms with Crippen molar-refractivity contribution in [3.05, 3.63) is 0 Å². The standard InChI is InChI=1S/C20H42/c1-5-9-11-13-17-20(15-8-4)18-19(14-7-3)16-12-10-6-2/h19-20H,5-18H2,1-4H3. The predicted molar refractivity (Wildman–Crippen MR) is 94.3 cm³/mol. The van der Waals surface area contributed by atoms with Gasteiger partial charge in [0.1, 0.15) is 0 Å². The molecule has 0 heterocycles. The monoisotopic (exact) mass is 282 g/mol. The van der Waals surface area contributed by atoms with Crippen LogP contribution in [-0.4, -0.2) is 0 Å². The molecule has 0 aliphatic heterocycles. The van der Waals surface area contributed by atoms with Crippen molar-refractivity contribution in [3.8, 4) is 0 Å². The van der Waals surface area contributed by atoms with Crippen LogP contribution in [0.1, 0.15) is 118 Å². The van der Waals surface area contributed by atoms with E-state index >= 15 is 0 Å². The maximum Gasteiger partial charge on any atom is -0.0412 e. The van der Waals surface area contributed by atoms with E-state index in [1.165, 1.54) is 89.9 Å². The quantitative estimate of drug-likeness (QED) is 0.269. The first kappa shape index (κ1) is 20.0. The summed E-state index contributed by atoms with van der Waals surface area (Å²) in [5, 5.41) is 0. The first-order chi connectivity index (χ1) is 9.78. The van der Waals surface area contributed by atoms with Crippen LogP contribution >= 0.6 is 0 Å². The van der Waals surface area contributed by atoms with E-state index in [1.807, 2.05) is 0 Å². The van der Waals surface area contributed by atoms with E-state index in [9.17, 15) is 0 Å². The lowest BCUT2D eigenvalue weighted by Gasteiger charge is -2.23. The SMILES string of the molecule is CCCCCCC(CCC)CC(CCC)CCCCC. The third-order valence-corrected chi connectivity index (χ3v) is 4.74. The van der Waals surface area contributed by atoms with E-state index in [1.54, 1.807) is 0 Å². The summed E-state index contributed by atoms with van der Waals surface area (Å²) in [5.74, 6) is 2.05. The van der Waals surface area contributed by atoms with Crippen LogP contribution in [0, 0.1) is 11.8 Å². The smallest absolute Gasteiger partial charge is 0.0412 e. The molecular formula is C20H42. The molecule has 2 atom stereocenters. The minimum Gasteiger partial charge on any atom is -0.0654 e. The lowest BCUT2D eigenvalue weighted by atomic mass is 9.83. The van der Waals surface area contributed by atoms with Gasteiger partial charge in [-0.05, 0) is 18.3 Å². The number of rotatable bonds is 15. The molecule has 0 aromatic heterocycles. The molecule has 0 saturated heterocycles. The van der Waals surface area contributed by atoms with Gasteiger partial charge in [-0.25, -0.2) is 0 Å². The molecule has 0 amide bonds. The Labute approximate surface area is 130 Å². The maximum atomic E-state index is 2.37. The van der Waals surface area contributed by atoms with Gasteiger partial charge in [-0.3, -0.25) is 0 Å². The van der Waals surface area contributed by atoms with Crippen molar-refractivity contribution < 1.29 is 0 Å². The topological polar surface area (TPSA) is 0 Å². The summed E-state index contributed by atoms with van der Waals surface area (Å²) in [7, 11) is 0. The van der Waals surface area contributed by atoms with E-state index < -0.39 is 0 Å². The fourth-order valence-corrected chi connectivity index (χ4v) is 3.59. The molecule has 0 aromatic carbocycles. The molecule has 0 saturated carbocycles. The Balaban J connectivity index is 4.04. The maximum absolute atomic E-state index is 2.37. The molecule has 20 heavy (non-hydrogen) atoms. The molecule has 0 N–H and O–H groups in total. The average Bonchev–Trinajstić information content (AvgIpc) is 2.44. The summed E-state index contributed by atoms with van der Waals surface area (Å²) in [6.45, 7) is 9.37. The van der Waals surface area contributed by atoms with Crippen molar-refractivity contribution in [3.63, 3.8) is 0 Å². The van der Waals surface area contributed by atoms with Gasteiger partial charge in [0.2, 0.25) is 0 Å². The van der Waals surface area contributed by atoms with Gasteiger partial charge in [-0.1, -0.05) is 111 Å². The van der Waals surface area contributed by atoms with Gasteiger partial charge in [0.15, 0.2) is 0 Å². The number of hydrogen-bond acceptors (Lipinski definition) is 0. The molecule has 0 bridgehead atoms. The highest BCUT2D eigenvalue weighted by Crippen LogP contribution is 2.29. The summed E-state index contributed by atoms with van der Waals surface area (Å²) < 4.78 is 0. The Bertz CT molecular complexity index is 173. The second-order valence-electron chi connectivity index (χ2n) is 6.89. The predicted octanol–water partition coefficient (Wildman–Crippen LogP) is 7.76.